The molecule has 0 aromatic carbocycles. The molecule has 0 spiro atoms. The fraction of sp³-hybridized carbons (Fsp3) is 0.636. The van der Waals surface area contributed by atoms with Crippen molar-refractivity contribution in [2.45, 2.75) is 30.1 Å². The third-order valence-corrected chi connectivity index (χ3v) is 7.55. The first-order valence-corrected chi connectivity index (χ1v) is 8.79. The Morgan fingerprint density at radius 2 is 2.28 bits per heavy atom. The van der Waals surface area contributed by atoms with Crippen LogP contribution in [-0.4, -0.2) is 39.0 Å². The van der Waals surface area contributed by atoms with E-state index in [-0.39, 0.29) is 6.10 Å². The summed E-state index contributed by atoms with van der Waals surface area (Å²) in [4.78, 5) is 0. The predicted molar refractivity (Wildman–Crippen MR) is 75.5 cm³/mol. The minimum Gasteiger partial charge on any atom is -0.380 e. The molecular weight excluding hydrogens is 338 g/mol. The van der Waals surface area contributed by atoms with Crippen molar-refractivity contribution in [1.82, 2.24) is 4.31 Å². The van der Waals surface area contributed by atoms with Crippen LogP contribution in [0.2, 0.25) is 0 Å². The van der Waals surface area contributed by atoms with Crippen LogP contribution in [0.25, 0.3) is 0 Å². The second kappa shape index (κ2) is 5.58. The number of hydrogen-bond acceptors (Lipinski definition) is 4. The lowest BCUT2D eigenvalue weighted by molar-refractivity contribution is 0.0572. The highest BCUT2D eigenvalue weighted by atomic mass is 79.9. The number of nitrogens with zero attached hydrogens (tertiary/aromatic N) is 1. The van der Waals surface area contributed by atoms with Crippen molar-refractivity contribution >= 4 is 37.3 Å². The van der Waals surface area contributed by atoms with Crippen LogP contribution in [0.1, 0.15) is 18.4 Å². The summed E-state index contributed by atoms with van der Waals surface area (Å²) in [5, 5.41) is 0. The van der Waals surface area contributed by atoms with Gasteiger partial charge in [-0.05, 0) is 47.3 Å². The van der Waals surface area contributed by atoms with E-state index in [0.29, 0.717) is 17.3 Å². The zero-order chi connectivity index (χ0) is 13.3. The van der Waals surface area contributed by atoms with Gasteiger partial charge in [-0.1, -0.05) is 0 Å². The third-order valence-electron chi connectivity index (χ3n) is 3.10. The molecule has 0 radical (unpaired) electrons. The summed E-state index contributed by atoms with van der Waals surface area (Å²) in [6, 6.07) is 1.72. The maximum Gasteiger partial charge on any atom is 0.252 e. The summed E-state index contributed by atoms with van der Waals surface area (Å²) in [5.41, 5.74) is 0.957. The molecule has 1 atom stereocenters. The Balaban J connectivity index is 2.25. The van der Waals surface area contributed by atoms with Crippen molar-refractivity contribution in [3.05, 3.63) is 15.4 Å². The minimum atomic E-state index is -3.36. The molecule has 1 aromatic heterocycles. The number of piperidine rings is 1. The minimum absolute atomic E-state index is 0.0121. The normalized spacial score (nSPS) is 22.3. The van der Waals surface area contributed by atoms with Gasteiger partial charge < -0.3 is 4.74 Å². The standard InChI is InChI=1S/C11H16BrNO3S2/c1-8-6-10(17-11(8)12)18(14,15)13-5-3-4-9(7-13)16-2/h6,9H,3-5,7H2,1-2H3. The van der Waals surface area contributed by atoms with Gasteiger partial charge in [0.2, 0.25) is 0 Å². The Kier molecular flexibility index (Phi) is 4.48. The fourth-order valence-electron chi connectivity index (χ4n) is 2.00. The van der Waals surface area contributed by atoms with Crippen molar-refractivity contribution in [3.63, 3.8) is 0 Å². The molecule has 7 heteroatoms. The quantitative estimate of drug-likeness (QED) is 0.838. The lowest BCUT2D eigenvalue weighted by Crippen LogP contribution is -2.42. The molecule has 102 valence electrons. The van der Waals surface area contributed by atoms with Gasteiger partial charge in [0.05, 0.1) is 9.89 Å². The maximum absolute atomic E-state index is 12.5. The van der Waals surface area contributed by atoms with Crippen LogP contribution < -0.4 is 0 Å². The molecule has 1 fully saturated rings. The van der Waals surface area contributed by atoms with Crippen molar-refractivity contribution in [1.29, 1.82) is 0 Å². The Morgan fingerprint density at radius 1 is 1.56 bits per heavy atom. The van der Waals surface area contributed by atoms with Crippen molar-refractivity contribution in [2.24, 2.45) is 0 Å². The van der Waals surface area contributed by atoms with E-state index in [4.69, 9.17) is 4.74 Å². The number of methoxy groups -OCH3 is 1. The molecule has 0 saturated carbocycles. The van der Waals surface area contributed by atoms with Gasteiger partial charge in [-0.25, -0.2) is 8.42 Å². The van der Waals surface area contributed by atoms with Crippen LogP contribution >= 0.6 is 27.3 Å². The maximum atomic E-state index is 12.5. The van der Waals surface area contributed by atoms with Gasteiger partial charge in [0.25, 0.3) is 10.0 Å². The number of thiophene rings is 1. The zero-order valence-electron chi connectivity index (χ0n) is 10.3. The van der Waals surface area contributed by atoms with E-state index in [0.717, 1.165) is 22.2 Å². The molecule has 1 aliphatic rings. The summed E-state index contributed by atoms with van der Waals surface area (Å²) in [6.07, 6.45) is 1.79. The Morgan fingerprint density at radius 3 is 2.83 bits per heavy atom. The summed E-state index contributed by atoms with van der Waals surface area (Å²) in [7, 11) is -1.73. The summed E-state index contributed by atoms with van der Waals surface area (Å²) in [5.74, 6) is 0. The molecule has 1 aromatic rings. The molecule has 0 amide bonds. The second-order valence-corrected chi connectivity index (χ2v) is 8.92. The highest BCUT2D eigenvalue weighted by molar-refractivity contribution is 9.11. The molecule has 1 aliphatic heterocycles. The van der Waals surface area contributed by atoms with Gasteiger partial charge in [0, 0.05) is 20.2 Å². The Hall–Kier alpha value is 0.0500. The molecule has 0 aliphatic carbocycles. The van der Waals surface area contributed by atoms with Crippen LogP contribution in [0.5, 0.6) is 0 Å². The first-order valence-electron chi connectivity index (χ1n) is 5.74. The smallest absolute Gasteiger partial charge is 0.252 e. The third kappa shape index (κ3) is 2.80. The van der Waals surface area contributed by atoms with Gasteiger partial charge in [-0.3, -0.25) is 0 Å². The summed E-state index contributed by atoms with van der Waals surface area (Å²) >= 11 is 4.64. The number of aryl methyl sites for hydroxylation is 1. The predicted octanol–water partition coefficient (Wildman–Crippen LogP) is 2.62. The lowest BCUT2D eigenvalue weighted by Gasteiger charge is -2.30. The highest BCUT2D eigenvalue weighted by Gasteiger charge is 2.31. The Bertz CT molecular complexity index is 507. The van der Waals surface area contributed by atoms with Crippen LogP contribution in [0, 0.1) is 6.92 Å². The number of sulfonamides is 1. The van der Waals surface area contributed by atoms with E-state index in [1.54, 1.807) is 13.2 Å². The highest BCUT2D eigenvalue weighted by Crippen LogP contribution is 2.33. The number of ether oxygens (including phenoxy) is 1. The van der Waals surface area contributed by atoms with E-state index < -0.39 is 10.0 Å². The van der Waals surface area contributed by atoms with Gasteiger partial charge in [0.15, 0.2) is 0 Å². The SMILES string of the molecule is COC1CCCN(S(=O)(=O)c2cc(C)c(Br)s2)C1. The fourth-order valence-corrected chi connectivity index (χ4v) is 5.89. The number of rotatable bonds is 3. The monoisotopic (exact) mass is 353 g/mol. The van der Waals surface area contributed by atoms with Crippen molar-refractivity contribution in [3.8, 4) is 0 Å². The van der Waals surface area contributed by atoms with E-state index in [9.17, 15) is 8.42 Å². The molecule has 1 unspecified atom stereocenters. The average molecular weight is 354 g/mol. The second-order valence-electron chi connectivity index (χ2n) is 4.39. The van der Waals surface area contributed by atoms with E-state index in [1.807, 2.05) is 6.92 Å². The van der Waals surface area contributed by atoms with E-state index >= 15 is 0 Å². The van der Waals surface area contributed by atoms with Crippen molar-refractivity contribution < 1.29 is 13.2 Å². The summed E-state index contributed by atoms with van der Waals surface area (Å²) < 4.78 is 33.0. The van der Waals surface area contributed by atoms with Crippen LogP contribution in [0.3, 0.4) is 0 Å². The topological polar surface area (TPSA) is 46.6 Å². The van der Waals surface area contributed by atoms with E-state index in [1.165, 1.54) is 15.6 Å². The lowest BCUT2D eigenvalue weighted by atomic mass is 10.1. The van der Waals surface area contributed by atoms with Gasteiger partial charge in [-0.15, -0.1) is 11.3 Å². The molecular formula is C11H16BrNO3S2. The zero-order valence-corrected chi connectivity index (χ0v) is 13.6. The Labute approximate surface area is 120 Å². The average Bonchev–Trinajstić information content (AvgIpc) is 2.70. The molecule has 18 heavy (non-hydrogen) atoms. The van der Waals surface area contributed by atoms with Gasteiger partial charge in [-0.2, -0.15) is 4.31 Å². The molecule has 4 nitrogen and oxygen atoms in total. The van der Waals surface area contributed by atoms with Gasteiger partial charge >= 0.3 is 0 Å². The van der Waals surface area contributed by atoms with Crippen LogP contribution in [0.4, 0.5) is 0 Å². The summed E-state index contributed by atoms with van der Waals surface area (Å²) in [6.45, 7) is 2.93. The van der Waals surface area contributed by atoms with Crippen molar-refractivity contribution in [2.75, 3.05) is 20.2 Å². The molecule has 0 bridgehead atoms. The molecule has 0 N–H and O–H groups in total. The van der Waals surface area contributed by atoms with E-state index in [2.05, 4.69) is 15.9 Å². The molecule has 2 heterocycles. The molecule has 1 saturated heterocycles. The van der Waals surface area contributed by atoms with Gasteiger partial charge in [0.1, 0.15) is 4.21 Å². The van der Waals surface area contributed by atoms with Crippen LogP contribution in [0.15, 0.2) is 14.1 Å². The molecule has 2 rings (SSSR count). The number of halogens is 1. The first-order chi connectivity index (χ1) is 8.45. The largest absolute Gasteiger partial charge is 0.380 e. The van der Waals surface area contributed by atoms with Crippen LogP contribution in [-0.2, 0) is 14.8 Å². The number of hydrogen-bond donors (Lipinski definition) is 0. The first kappa shape index (κ1) is 14.5.